The van der Waals surface area contributed by atoms with Crippen molar-refractivity contribution in [1.82, 2.24) is 9.55 Å². The fourth-order valence-corrected chi connectivity index (χ4v) is 7.81. The molecule has 188 valence electrons. The SMILES string of the molecule is CCn1c(=O)/c(=C2\Sc3cc(F)ccc3N2C)s/c1=C\c1scc[n+]1Cc1csc(NC(C)=O)n1.[Cl-]. The van der Waals surface area contributed by atoms with Crippen molar-refractivity contribution in [2.45, 2.75) is 31.8 Å². The Balaban J connectivity index is 0.00000304. The van der Waals surface area contributed by atoms with E-state index in [4.69, 9.17) is 0 Å². The number of anilines is 2. The number of aromatic nitrogens is 3. The van der Waals surface area contributed by atoms with Crippen LogP contribution in [-0.2, 0) is 17.9 Å². The van der Waals surface area contributed by atoms with E-state index in [1.807, 2.05) is 41.9 Å². The van der Waals surface area contributed by atoms with Gasteiger partial charge in [-0.1, -0.05) is 23.1 Å². The molecule has 4 aromatic rings. The van der Waals surface area contributed by atoms with Crippen LogP contribution in [0.3, 0.4) is 0 Å². The van der Waals surface area contributed by atoms with Crippen LogP contribution < -0.4 is 41.9 Å². The molecule has 0 atom stereocenters. The third-order valence-electron chi connectivity index (χ3n) is 5.34. The fraction of sp³-hybridized carbons (Fsp3) is 0.217. The van der Waals surface area contributed by atoms with Crippen LogP contribution in [0.1, 0.15) is 24.5 Å². The number of thioether (sulfide) groups is 1. The molecule has 5 rings (SSSR count). The fourth-order valence-electron chi connectivity index (χ4n) is 3.73. The lowest BCUT2D eigenvalue weighted by Crippen LogP contribution is -3.00. The van der Waals surface area contributed by atoms with Gasteiger partial charge in [0.2, 0.25) is 5.91 Å². The summed E-state index contributed by atoms with van der Waals surface area (Å²) in [5.41, 5.74) is 1.70. The largest absolute Gasteiger partial charge is 1.00 e. The van der Waals surface area contributed by atoms with Gasteiger partial charge in [0.05, 0.1) is 17.1 Å². The van der Waals surface area contributed by atoms with E-state index in [1.54, 1.807) is 22.0 Å². The molecule has 3 aromatic heterocycles. The Morgan fingerprint density at radius 1 is 1.31 bits per heavy atom. The van der Waals surface area contributed by atoms with Crippen molar-refractivity contribution in [3.8, 4) is 0 Å². The van der Waals surface area contributed by atoms with Crippen LogP contribution in [0.2, 0.25) is 0 Å². The average Bonchev–Trinajstić information content (AvgIpc) is 3.57. The Labute approximate surface area is 228 Å². The number of carbonyl (C=O) groups is 1. The number of carbonyl (C=O) groups excluding carboxylic acids is 1. The zero-order chi connectivity index (χ0) is 24.7. The van der Waals surface area contributed by atoms with Crippen molar-refractivity contribution in [3.63, 3.8) is 0 Å². The van der Waals surface area contributed by atoms with Crippen molar-refractivity contribution in [1.29, 1.82) is 0 Å². The Morgan fingerprint density at radius 2 is 2.11 bits per heavy atom. The molecule has 0 radical (unpaired) electrons. The van der Waals surface area contributed by atoms with E-state index in [-0.39, 0.29) is 29.7 Å². The highest BCUT2D eigenvalue weighted by Gasteiger charge is 2.25. The van der Waals surface area contributed by atoms with Gasteiger partial charge in [-0.3, -0.25) is 14.2 Å². The van der Waals surface area contributed by atoms with E-state index in [0.29, 0.717) is 22.8 Å². The van der Waals surface area contributed by atoms with Crippen LogP contribution in [0.25, 0.3) is 11.1 Å². The summed E-state index contributed by atoms with van der Waals surface area (Å²) < 4.78 is 19.1. The van der Waals surface area contributed by atoms with Crippen LogP contribution >= 0.6 is 45.8 Å². The first kappa shape index (κ1) is 26.6. The second kappa shape index (κ2) is 10.9. The van der Waals surface area contributed by atoms with Crippen molar-refractivity contribution < 1.29 is 26.2 Å². The summed E-state index contributed by atoms with van der Waals surface area (Å²) in [4.78, 5) is 31.9. The monoisotopic (exact) mass is 581 g/mol. The quantitative estimate of drug-likeness (QED) is 0.337. The zero-order valence-corrected chi connectivity index (χ0v) is 23.5. The lowest BCUT2D eigenvalue weighted by atomic mass is 10.3. The zero-order valence-electron chi connectivity index (χ0n) is 19.4. The summed E-state index contributed by atoms with van der Waals surface area (Å²) >= 11 is 5.84. The normalized spacial score (nSPS) is 14.7. The topological polar surface area (TPSA) is 71.1 Å². The molecule has 0 saturated heterocycles. The van der Waals surface area contributed by atoms with Crippen molar-refractivity contribution in [2.75, 3.05) is 17.3 Å². The Kier molecular flexibility index (Phi) is 8.00. The molecule has 1 aromatic carbocycles. The average molecular weight is 582 g/mol. The number of benzene rings is 1. The standard InChI is InChI=1S/C23H20FN5O2S4.ClH/c1-4-29-19(10-18-28(7-8-32-18)11-15-12-33-23(26-15)25-13(2)30)35-20(21(29)31)22-27(3)16-6-5-14(24)9-17(16)34-22;/h5-10,12H,4,11H2,1-3H3;1H/b22-20+;. The highest BCUT2D eigenvalue weighted by atomic mass is 35.5. The van der Waals surface area contributed by atoms with Gasteiger partial charge < -0.3 is 22.6 Å². The molecule has 0 bridgehead atoms. The number of nitrogens with zero attached hydrogens (tertiary/aromatic N) is 4. The molecule has 0 fully saturated rings. The molecule has 0 unspecified atom stereocenters. The molecule has 0 aliphatic carbocycles. The van der Waals surface area contributed by atoms with Gasteiger partial charge in [0.1, 0.15) is 25.7 Å². The molecule has 1 N–H and O–H groups in total. The molecule has 4 heterocycles. The maximum Gasteiger partial charge on any atom is 0.271 e. The summed E-state index contributed by atoms with van der Waals surface area (Å²) in [5, 5.41) is 9.01. The third-order valence-corrected chi connectivity index (χ3v) is 9.47. The van der Waals surface area contributed by atoms with Gasteiger partial charge >= 0.3 is 0 Å². The minimum atomic E-state index is -0.288. The number of amides is 1. The van der Waals surface area contributed by atoms with Crippen molar-refractivity contribution in [3.05, 3.63) is 71.2 Å². The summed E-state index contributed by atoms with van der Waals surface area (Å²) in [5.74, 6) is -0.435. The Hall–Kier alpha value is -2.51. The molecule has 1 amide bonds. The van der Waals surface area contributed by atoms with Gasteiger partial charge in [0, 0.05) is 30.8 Å². The van der Waals surface area contributed by atoms with Crippen LogP contribution in [-0.4, -0.2) is 22.5 Å². The maximum atomic E-state index is 13.8. The predicted octanol–water partition coefficient (Wildman–Crippen LogP) is 0.0216. The van der Waals surface area contributed by atoms with Gasteiger partial charge in [-0.05, 0) is 25.1 Å². The van der Waals surface area contributed by atoms with E-state index < -0.39 is 0 Å². The van der Waals surface area contributed by atoms with Crippen LogP contribution in [0.5, 0.6) is 0 Å². The van der Waals surface area contributed by atoms with Gasteiger partial charge in [-0.2, -0.15) is 4.57 Å². The third kappa shape index (κ3) is 5.14. The summed E-state index contributed by atoms with van der Waals surface area (Å²) in [6, 6.07) is 4.69. The molecular weight excluding hydrogens is 561 g/mol. The van der Waals surface area contributed by atoms with E-state index >= 15 is 0 Å². The van der Waals surface area contributed by atoms with Crippen LogP contribution in [0.4, 0.5) is 15.2 Å². The first-order valence-corrected chi connectivity index (χ1v) is 14.1. The Morgan fingerprint density at radius 3 is 2.86 bits per heavy atom. The molecule has 0 saturated carbocycles. The first-order valence-electron chi connectivity index (χ1n) is 10.7. The second-order valence-electron chi connectivity index (χ2n) is 7.74. The number of thiazole rings is 3. The van der Waals surface area contributed by atoms with Crippen molar-refractivity contribution in [2.24, 2.45) is 0 Å². The van der Waals surface area contributed by atoms with Crippen LogP contribution in [0, 0.1) is 5.82 Å². The number of fused-ring (bicyclic) bond motifs is 1. The highest BCUT2D eigenvalue weighted by molar-refractivity contribution is 8.08. The second-order valence-corrected chi connectivity index (χ2v) is 11.6. The molecule has 0 spiro atoms. The Bertz CT molecular complexity index is 1620. The summed E-state index contributed by atoms with van der Waals surface area (Å²) in [6.07, 6.45) is 4.01. The molecule has 7 nitrogen and oxygen atoms in total. The predicted molar refractivity (Wildman–Crippen MR) is 141 cm³/mol. The molecule has 1 aliphatic rings. The lowest BCUT2D eigenvalue weighted by Gasteiger charge is -2.12. The molecule has 1 aliphatic heterocycles. The minimum absolute atomic E-state index is 0. The van der Waals surface area contributed by atoms with Gasteiger partial charge in [0.25, 0.3) is 10.6 Å². The summed E-state index contributed by atoms with van der Waals surface area (Å²) in [6.45, 7) is 4.51. The van der Waals surface area contributed by atoms with Crippen molar-refractivity contribution >= 4 is 73.6 Å². The highest BCUT2D eigenvalue weighted by Crippen LogP contribution is 2.45. The summed E-state index contributed by atoms with van der Waals surface area (Å²) in [7, 11) is 1.90. The van der Waals surface area contributed by atoms with Gasteiger partial charge in [0.15, 0.2) is 17.9 Å². The van der Waals surface area contributed by atoms with E-state index in [0.717, 1.165) is 31.0 Å². The number of rotatable bonds is 5. The number of hydrogen-bond donors (Lipinski definition) is 1. The van der Waals surface area contributed by atoms with Gasteiger partial charge in [-0.25, -0.2) is 9.37 Å². The molecule has 13 heteroatoms. The first-order chi connectivity index (χ1) is 16.8. The van der Waals surface area contributed by atoms with E-state index in [1.165, 1.54) is 53.5 Å². The van der Waals surface area contributed by atoms with Gasteiger partial charge in [-0.15, -0.1) is 22.7 Å². The minimum Gasteiger partial charge on any atom is -1.00 e. The smallest absolute Gasteiger partial charge is 0.271 e. The van der Waals surface area contributed by atoms with Crippen LogP contribution in [0.15, 0.2) is 44.8 Å². The number of nitrogens with one attached hydrogen (secondary N) is 1. The van der Waals surface area contributed by atoms with E-state index in [2.05, 4.69) is 14.9 Å². The number of hydrogen-bond acceptors (Lipinski definition) is 8. The lowest BCUT2D eigenvalue weighted by molar-refractivity contribution is -0.685. The van der Waals surface area contributed by atoms with E-state index in [9.17, 15) is 14.0 Å². The number of halogens is 2. The maximum absolute atomic E-state index is 13.8. The molecular formula is C23H21ClFN5O2S4. The molecule has 36 heavy (non-hydrogen) atoms.